The highest BCUT2D eigenvalue weighted by molar-refractivity contribution is 7.94. The molecule has 0 aromatic heterocycles. The number of rotatable bonds is 7. The van der Waals surface area contributed by atoms with Gasteiger partial charge in [-0.25, -0.2) is 8.42 Å². The Kier molecular flexibility index (Phi) is 4.99. The summed E-state index contributed by atoms with van der Waals surface area (Å²) < 4.78 is 31.9. The van der Waals surface area contributed by atoms with Gasteiger partial charge in [-0.05, 0) is 12.1 Å². The van der Waals surface area contributed by atoms with Crippen molar-refractivity contribution in [3.05, 3.63) is 41.6 Å². The molecule has 1 aromatic rings. The van der Waals surface area contributed by atoms with Crippen molar-refractivity contribution in [3.8, 4) is 5.75 Å². The van der Waals surface area contributed by atoms with Gasteiger partial charge in [-0.1, -0.05) is 24.8 Å². The van der Waals surface area contributed by atoms with Crippen LogP contribution in [0.2, 0.25) is 0 Å². The van der Waals surface area contributed by atoms with Crippen molar-refractivity contribution in [2.45, 2.75) is 0 Å². The van der Waals surface area contributed by atoms with Crippen LogP contribution in [0.4, 0.5) is 5.69 Å². The molecule has 0 saturated carbocycles. The van der Waals surface area contributed by atoms with Crippen molar-refractivity contribution in [3.63, 3.8) is 0 Å². The van der Waals surface area contributed by atoms with Crippen molar-refractivity contribution < 1.29 is 18.9 Å². The highest BCUT2D eigenvalue weighted by Gasteiger charge is 1.99. The second-order valence-electron chi connectivity index (χ2n) is 3.33. The Balaban J connectivity index is 2.75. The van der Waals surface area contributed by atoms with E-state index in [0.29, 0.717) is 24.6 Å². The topological polar surface area (TPSA) is 85.1 Å². The Hall–Kier alpha value is -1.53. The van der Waals surface area contributed by atoms with Crippen LogP contribution >= 0.6 is 0 Å². The summed E-state index contributed by atoms with van der Waals surface area (Å²) >= 11 is 0. The van der Waals surface area contributed by atoms with Crippen molar-refractivity contribution in [1.29, 1.82) is 0 Å². The van der Waals surface area contributed by atoms with Crippen molar-refractivity contribution in [2.75, 3.05) is 18.9 Å². The smallest absolute Gasteiger partial charge is 0.118 e. The van der Waals surface area contributed by atoms with Crippen molar-refractivity contribution in [2.24, 2.45) is 0 Å². The first-order valence-electron chi connectivity index (χ1n) is 5.16. The zero-order valence-electron chi connectivity index (χ0n) is 9.50. The molecule has 0 saturated heterocycles. The van der Waals surface area contributed by atoms with Gasteiger partial charge >= 0.3 is 0 Å². The van der Waals surface area contributed by atoms with E-state index in [2.05, 4.69) is 17.0 Å². The van der Waals surface area contributed by atoms with Gasteiger partial charge in [-0.15, -0.1) is 5.69 Å². The third-order valence-electron chi connectivity index (χ3n) is 1.83. The van der Waals surface area contributed by atoms with E-state index >= 15 is 0 Å². The van der Waals surface area contributed by atoms with Gasteiger partial charge in [0.25, 0.3) is 0 Å². The van der Waals surface area contributed by atoms with Crippen molar-refractivity contribution in [1.82, 2.24) is 0 Å². The summed E-state index contributed by atoms with van der Waals surface area (Å²) in [6, 6.07) is 6.61. The maximum absolute atomic E-state index is 11.5. The summed E-state index contributed by atoms with van der Waals surface area (Å²) in [4.78, 5) is 0. The lowest BCUT2D eigenvalue weighted by molar-refractivity contribution is -0.360. The number of benzene rings is 1. The highest BCUT2D eigenvalue weighted by Crippen LogP contribution is 2.26. The molecule has 0 aliphatic rings. The van der Waals surface area contributed by atoms with Gasteiger partial charge < -0.3 is 15.2 Å². The summed E-state index contributed by atoms with van der Waals surface area (Å²) in [7, 11) is -3.44. The second kappa shape index (κ2) is 6.27. The lowest BCUT2D eigenvalue weighted by Gasteiger charge is -2.21. The molecule has 0 unspecified atom stereocenters. The minimum Gasteiger partial charge on any atom is -0.577 e. The Morgan fingerprint density at radius 1 is 1.47 bits per heavy atom. The van der Waals surface area contributed by atoms with Gasteiger partial charge in [-0.2, -0.15) is 0 Å². The molecule has 0 aliphatic carbocycles. The Bertz CT molecular complexity index is 471. The second-order valence-corrected chi connectivity index (χ2v) is 5.08. The number of nitrogens with zero attached hydrogens (tertiary/aromatic N) is 1. The standard InChI is InChI=1S/C11H15N2O3S/c1-2-7-16-11-5-3-4-10(9-11)13-17(14,15)8-6-12/h2-5,9H,1,6-8,12H2/q-1/p+1. The largest absolute Gasteiger partial charge is 0.577 e. The van der Waals surface area contributed by atoms with Gasteiger partial charge in [0.05, 0.1) is 22.3 Å². The lowest BCUT2D eigenvalue weighted by Crippen LogP contribution is -2.52. The molecule has 1 rings (SSSR count). The number of sulfonamides is 1. The number of ether oxygens (including phenoxy) is 1. The third kappa shape index (κ3) is 4.88. The molecule has 17 heavy (non-hydrogen) atoms. The number of hydrogen-bond donors (Lipinski definition) is 1. The first kappa shape index (κ1) is 13.5. The SMILES string of the molecule is C=CCOc1cccc([N-]S(=O)(=O)CC[NH3+])c1. The molecule has 0 bridgehead atoms. The van der Waals surface area contributed by atoms with Crippen LogP contribution in [0.5, 0.6) is 5.75 Å². The minimum atomic E-state index is -3.44. The summed E-state index contributed by atoms with van der Waals surface area (Å²) in [5.41, 5.74) is 3.86. The van der Waals surface area contributed by atoms with Crippen molar-refractivity contribution >= 4 is 15.7 Å². The van der Waals surface area contributed by atoms with Gasteiger partial charge in [0.2, 0.25) is 0 Å². The van der Waals surface area contributed by atoms with Crippen LogP contribution in [-0.2, 0) is 10.0 Å². The quantitative estimate of drug-likeness (QED) is 0.733. The van der Waals surface area contributed by atoms with Crippen LogP contribution in [0, 0.1) is 0 Å². The van der Waals surface area contributed by atoms with Gasteiger partial charge in [0.15, 0.2) is 0 Å². The monoisotopic (exact) mass is 256 g/mol. The molecule has 3 N–H and O–H groups in total. The van der Waals surface area contributed by atoms with Gasteiger partial charge in [0, 0.05) is 0 Å². The molecule has 0 radical (unpaired) electrons. The molecular formula is C11H16N2O3S. The number of quaternary nitrogens is 1. The molecular weight excluding hydrogens is 240 g/mol. The van der Waals surface area contributed by atoms with Crippen LogP contribution in [0.15, 0.2) is 36.9 Å². The van der Waals surface area contributed by atoms with Crippen LogP contribution in [0.1, 0.15) is 0 Å². The van der Waals surface area contributed by atoms with Crippen LogP contribution in [0.3, 0.4) is 0 Å². The number of hydrogen-bond acceptors (Lipinski definition) is 3. The van der Waals surface area contributed by atoms with E-state index in [9.17, 15) is 8.42 Å². The molecule has 0 amide bonds. The predicted molar refractivity (Wildman–Crippen MR) is 66.7 cm³/mol. The average Bonchev–Trinajstić information content (AvgIpc) is 2.26. The molecule has 0 fully saturated rings. The van der Waals surface area contributed by atoms with E-state index in [-0.39, 0.29) is 5.75 Å². The maximum atomic E-state index is 11.5. The molecule has 0 atom stereocenters. The molecule has 0 heterocycles. The first-order chi connectivity index (χ1) is 8.07. The Morgan fingerprint density at radius 2 is 2.24 bits per heavy atom. The van der Waals surface area contributed by atoms with Crippen LogP contribution in [0.25, 0.3) is 4.72 Å². The Morgan fingerprint density at radius 3 is 2.88 bits per heavy atom. The third-order valence-corrected chi connectivity index (χ3v) is 3.13. The van der Waals surface area contributed by atoms with E-state index in [0.717, 1.165) is 0 Å². The minimum absolute atomic E-state index is 0.0509. The van der Waals surface area contributed by atoms with Gasteiger partial charge in [-0.3, -0.25) is 0 Å². The fourth-order valence-electron chi connectivity index (χ4n) is 1.17. The Labute approximate surface area is 101 Å². The van der Waals surface area contributed by atoms with Crippen LogP contribution in [-0.4, -0.2) is 27.3 Å². The van der Waals surface area contributed by atoms with Gasteiger partial charge in [0.1, 0.15) is 12.4 Å². The molecule has 6 heteroatoms. The lowest BCUT2D eigenvalue weighted by atomic mass is 10.3. The van der Waals surface area contributed by atoms with E-state index in [1.165, 1.54) is 0 Å². The zero-order valence-corrected chi connectivity index (χ0v) is 10.3. The van der Waals surface area contributed by atoms with E-state index < -0.39 is 10.0 Å². The van der Waals surface area contributed by atoms with Crippen LogP contribution < -0.4 is 10.5 Å². The summed E-state index contributed by atoms with van der Waals surface area (Å²) in [6.45, 7) is 4.20. The molecule has 1 aromatic carbocycles. The first-order valence-corrected chi connectivity index (χ1v) is 6.77. The predicted octanol–water partition coefficient (Wildman–Crippen LogP) is 0.828. The summed E-state index contributed by atoms with van der Waals surface area (Å²) in [6.07, 6.45) is 1.61. The van der Waals surface area contributed by atoms with E-state index in [4.69, 9.17) is 4.74 Å². The molecule has 0 spiro atoms. The molecule has 5 nitrogen and oxygen atoms in total. The highest BCUT2D eigenvalue weighted by atomic mass is 32.2. The zero-order chi connectivity index (χ0) is 12.7. The molecule has 0 aliphatic heterocycles. The van der Waals surface area contributed by atoms with E-state index in [1.54, 1.807) is 30.3 Å². The maximum Gasteiger partial charge on any atom is 0.118 e. The normalized spacial score (nSPS) is 10.9. The summed E-state index contributed by atoms with van der Waals surface area (Å²) in [5.74, 6) is 0.515. The fourth-order valence-corrected chi connectivity index (χ4v) is 2.06. The fraction of sp³-hybridized carbons (Fsp3) is 0.273. The molecule has 94 valence electrons. The summed E-state index contributed by atoms with van der Waals surface area (Å²) in [5, 5.41) is 0. The van der Waals surface area contributed by atoms with E-state index in [1.807, 2.05) is 0 Å². The average molecular weight is 256 g/mol.